The average molecular weight is 256 g/mol. The SMILES string of the molecule is CC[C@H](C(=O)O)N1C(=O)N[C@@H]2[C@H]1N(C)C(=O)N2C. The lowest BCUT2D eigenvalue weighted by Crippen LogP contribution is -2.52. The van der Waals surface area contributed by atoms with Gasteiger partial charge < -0.3 is 20.2 Å². The van der Waals surface area contributed by atoms with Crippen LogP contribution in [0.4, 0.5) is 9.59 Å². The second-order valence-electron chi connectivity index (χ2n) is 4.48. The van der Waals surface area contributed by atoms with Crippen LogP contribution >= 0.6 is 0 Å². The molecule has 0 aromatic rings. The summed E-state index contributed by atoms with van der Waals surface area (Å²) in [6.07, 6.45) is -0.781. The molecule has 2 rings (SSSR count). The molecule has 2 fully saturated rings. The van der Waals surface area contributed by atoms with E-state index < -0.39 is 30.4 Å². The van der Waals surface area contributed by atoms with Crippen molar-refractivity contribution in [3.05, 3.63) is 0 Å². The third-order valence-electron chi connectivity index (χ3n) is 3.50. The highest BCUT2D eigenvalue weighted by Gasteiger charge is 2.55. The van der Waals surface area contributed by atoms with E-state index in [-0.39, 0.29) is 12.5 Å². The summed E-state index contributed by atoms with van der Waals surface area (Å²) in [6.45, 7) is 1.69. The maximum atomic E-state index is 11.9. The topological polar surface area (TPSA) is 93.2 Å². The Balaban J connectivity index is 2.34. The van der Waals surface area contributed by atoms with Crippen LogP contribution in [-0.2, 0) is 4.79 Å². The summed E-state index contributed by atoms with van der Waals surface area (Å²) >= 11 is 0. The second-order valence-corrected chi connectivity index (χ2v) is 4.48. The van der Waals surface area contributed by atoms with Crippen molar-refractivity contribution in [2.75, 3.05) is 14.1 Å². The molecule has 3 atom stereocenters. The van der Waals surface area contributed by atoms with Gasteiger partial charge in [0.15, 0.2) is 0 Å². The van der Waals surface area contributed by atoms with Crippen LogP contribution in [0.2, 0.25) is 0 Å². The first-order valence-corrected chi connectivity index (χ1v) is 5.71. The third kappa shape index (κ3) is 1.48. The van der Waals surface area contributed by atoms with E-state index in [1.165, 1.54) is 14.7 Å². The van der Waals surface area contributed by atoms with E-state index in [0.717, 1.165) is 0 Å². The largest absolute Gasteiger partial charge is 0.480 e. The molecule has 0 aliphatic carbocycles. The Morgan fingerprint density at radius 3 is 2.50 bits per heavy atom. The number of carbonyl (C=O) groups excluding carboxylic acids is 2. The Hall–Kier alpha value is -1.99. The number of hydrogen-bond donors (Lipinski definition) is 2. The van der Waals surface area contributed by atoms with Gasteiger partial charge in [0.1, 0.15) is 18.4 Å². The van der Waals surface area contributed by atoms with Gasteiger partial charge in [0.25, 0.3) is 0 Å². The molecule has 4 amide bonds. The Morgan fingerprint density at radius 1 is 1.39 bits per heavy atom. The van der Waals surface area contributed by atoms with Gasteiger partial charge >= 0.3 is 18.0 Å². The molecule has 0 aromatic carbocycles. The molecule has 2 aliphatic rings. The van der Waals surface area contributed by atoms with Crippen LogP contribution in [0.1, 0.15) is 13.3 Å². The molecule has 100 valence electrons. The zero-order chi connectivity index (χ0) is 13.6. The van der Waals surface area contributed by atoms with Gasteiger partial charge in [-0.05, 0) is 6.42 Å². The molecule has 0 spiro atoms. The van der Waals surface area contributed by atoms with Crippen molar-refractivity contribution in [3.8, 4) is 0 Å². The molecule has 2 aliphatic heterocycles. The standard InChI is InChI=1S/C10H16N4O4/c1-4-5(8(15)16)14-7-6(11-9(14)17)12(2)10(18)13(7)3/h5-7H,4H2,1-3H3,(H,11,17)(H,15,16)/t5-,6+,7+/m1/s1. The molecule has 18 heavy (non-hydrogen) atoms. The van der Waals surface area contributed by atoms with Crippen molar-refractivity contribution in [2.24, 2.45) is 0 Å². The number of carboxylic acids is 1. The predicted octanol–water partition coefficient (Wildman–Crippen LogP) is -0.476. The number of rotatable bonds is 3. The minimum atomic E-state index is -1.07. The molecule has 8 heteroatoms. The van der Waals surface area contributed by atoms with Crippen LogP contribution in [0.15, 0.2) is 0 Å². The summed E-state index contributed by atoms with van der Waals surface area (Å²) < 4.78 is 0. The van der Waals surface area contributed by atoms with E-state index in [9.17, 15) is 14.4 Å². The first-order valence-electron chi connectivity index (χ1n) is 5.71. The number of nitrogens with one attached hydrogen (secondary N) is 1. The number of hydrogen-bond acceptors (Lipinski definition) is 3. The molecule has 2 heterocycles. The van der Waals surface area contributed by atoms with Gasteiger partial charge in [0.2, 0.25) is 0 Å². The summed E-state index contributed by atoms with van der Waals surface area (Å²) in [6, 6.07) is -1.62. The van der Waals surface area contributed by atoms with E-state index in [1.807, 2.05) is 0 Å². The fraction of sp³-hybridized carbons (Fsp3) is 0.700. The monoisotopic (exact) mass is 256 g/mol. The van der Waals surface area contributed by atoms with E-state index in [4.69, 9.17) is 5.11 Å². The highest BCUT2D eigenvalue weighted by molar-refractivity contribution is 5.88. The summed E-state index contributed by atoms with van der Waals surface area (Å²) in [5, 5.41) is 11.8. The van der Waals surface area contributed by atoms with E-state index in [0.29, 0.717) is 0 Å². The molecule has 0 radical (unpaired) electrons. The zero-order valence-electron chi connectivity index (χ0n) is 10.5. The highest BCUT2D eigenvalue weighted by atomic mass is 16.4. The van der Waals surface area contributed by atoms with Crippen LogP contribution in [-0.4, -0.2) is 70.3 Å². The van der Waals surface area contributed by atoms with Crippen LogP contribution in [0.3, 0.4) is 0 Å². The minimum absolute atomic E-state index is 0.241. The van der Waals surface area contributed by atoms with Crippen LogP contribution in [0, 0.1) is 0 Å². The highest BCUT2D eigenvalue weighted by Crippen LogP contribution is 2.29. The number of amides is 4. The molecule has 0 unspecified atom stereocenters. The van der Waals surface area contributed by atoms with Crippen LogP contribution < -0.4 is 5.32 Å². The molecule has 0 saturated carbocycles. The number of carboxylic acid groups (broad SMARTS) is 1. The number of nitrogens with zero attached hydrogens (tertiary/aromatic N) is 3. The lowest BCUT2D eigenvalue weighted by Gasteiger charge is -2.30. The van der Waals surface area contributed by atoms with Gasteiger partial charge in [-0.1, -0.05) is 6.92 Å². The second kappa shape index (κ2) is 4.04. The molecular weight excluding hydrogens is 240 g/mol. The molecule has 2 saturated heterocycles. The Labute approximate surface area is 104 Å². The number of urea groups is 2. The van der Waals surface area contributed by atoms with Gasteiger partial charge in [-0.25, -0.2) is 14.4 Å². The third-order valence-corrected chi connectivity index (χ3v) is 3.50. The Morgan fingerprint density at radius 2 is 2.00 bits per heavy atom. The zero-order valence-corrected chi connectivity index (χ0v) is 10.5. The van der Waals surface area contributed by atoms with E-state index >= 15 is 0 Å². The number of carbonyl (C=O) groups is 3. The van der Waals surface area contributed by atoms with Gasteiger partial charge in [-0.2, -0.15) is 0 Å². The Bertz CT molecular complexity index is 413. The van der Waals surface area contributed by atoms with E-state index in [1.54, 1.807) is 21.0 Å². The fourth-order valence-corrected chi connectivity index (χ4v) is 2.54. The molecule has 0 aromatic heterocycles. The van der Waals surface area contributed by atoms with Gasteiger partial charge in [-0.15, -0.1) is 0 Å². The van der Waals surface area contributed by atoms with Crippen molar-refractivity contribution in [3.63, 3.8) is 0 Å². The number of aliphatic carboxylic acids is 1. The van der Waals surface area contributed by atoms with Crippen molar-refractivity contribution in [1.29, 1.82) is 0 Å². The number of fused-ring (bicyclic) bond motifs is 1. The summed E-state index contributed by atoms with van der Waals surface area (Å²) in [4.78, 5) is 38.9. The summed E-state index contributed by atoms with van der Waals surface area (Å²) in [7, 11) is 3.14. The number of likely N-dealkylation sites (N-methyl/N-ethyl adjacent to an activating group) is 2. The maximum Gasteiger partial charge on any atom is 0.326 e. The van der Waals surface area contributed by atoms with Crippen molar-refractivity contribution >= 4 is 18.0 Å². The van der Waals surface area contributed by atoms with Crippen LogP contribution in [0.5, 0.6) is 0 Å². The van der Waals surface area contributed by atoms with Gasteiger partial charge in [0, 0.05) is 14.1 Å². The molecular formula is C10H16N4O4. The summed E-state index contributed by atoms with van der Waals surface area (Å²) in [5.41, 5.74) is 0. The summed E-state index contributed by atoms with van der Waals surface area (Å²) in [5.74, 6) is -1.07. The molecule has 2 N–H and O–H groups in total. The quantitative estimate of drug-likeness (QED) is 0.713. The fourth-order valence-electron chi connectivity index (χ4n) is 2.54. The van der Waals surface area contributed by atoms with E-state index in [2.05, 4.69) is 5.32 Å². The smallest absolute Gasteiger partial charge is 0.326 e. The molecule has 0 bridgehead atoms. The first-order chi connectivity index (χ1) is 8.40. The van der Waals surface area contributed by atoms with Crippen molar-refractivity contribution in [2.45, 2.75) is 31.7 Å². The van der Waals surface area contributed by atoms with Gasteiger partial charge in [0.05, 0.1) is 0 Å². The minimum Gasteiger partial charge on any atom is -0.480 e. The molecule has 8 nitrogen and oxygen atoms in total. The average Bonchev–Trinajstić information content (AvgIpc) is 2.73. The Kier molecular flexibility index (Phi) is 2.80. The lowest BCUT2D eigenvalue weighted by atomic mass is 10.2. The van der Waals surface area contributed by atoms with Crippen molar-refractivity contribution < 1.29 is 19.5 Å². The van der Waals surface area contributed by atoms with Crippen LogP contribution in [0.25, 0.3) is 0 Å². The van der Waals surface area contributed by atoms with Gasteiger partial charge in [-0.3, -0.25) is 4.90 Å². The maximum absolute atomic E-state index is 11.9. The lowest BCUT2D eigenvalue weighted by molar-refractivity contribution is -0.143. The normalized spacial score (nSPS) is 28.5. The van der Waals surface area contributed by atoms with Crippen molar-refractivity contribution in [1.82, 2.24) is 20.0 Å². The predicted molar refractivity (Wildman–Crippen MR) is 60.6 cm³/mol. The first kappa shape index (κ1) is 12.5.